The number of carbonyl (C=O) groups excluding carboxylic acids is 6. The highest BCUT2D eigenvalue weighted by molar-refractivity contribution is 5.99. The Labute approximate surface area is 349 Å². The van der Waals surface area contributed by atoms with Crippen LogP contribution >= 0.6 is 0 Å². The smallest absolute Gasteiger partial charge is 0.246 e. The molecule has 2 fully saturated rings. The Kier molecular flexibility index (Phi) is 14.0. The summed E-state index contributed by atoms with van der Waals surface area (Å²) in [5, 5.41) is 25.1. The fraction of sp³-hybridized carbons (Fsp3) is 0.422. The summed E-state index contributed by atoms with van der Waals surface area (Å²) in [4.78, 5) is 90.5. The highest BCUT2D eigenvalue weighted by Crippen LogP contribution is 2.22. The fourth-order valence-electron chi connectivity index (χ4n) is 7.89. The fourth-order valence-corrected chi connectivity index (χ4v) is 7.89. The Morgan fingerprint density at radius 3 is 1.83 bits per heavy atom. The van der Waals surface area contributed by atoms with E-state index in [1.165, 1.54) is 4.90 Å². The van der Waals surface area contributed by atoms with E-state index in [0.29, 0.717) is 17.5 Å². The van der Waals surface area contributed by atoms with Crippen LogP contribution in [0.25, 0.3) is 10.9 Å². The molecule has 3 aromatic carbocycles. The predicted octanol–water partition coefficient (Wildman–Crippen LogP) is 1.82. The molecule has 2 aliphatic heterocycles. The number of hydrogen-bond donors (Lipinski definition) is 7. The number of rotatable bonds is 9. The number of para-hydroxylation sites is 1. The highest BCUT2D eigenvalue weighted by atomic mass is 16.5. The van der Waals surface area contributed by atoms with Gasteiger partial charge in [0, 0.05) is 42.9 Å². The lowest BCUT2D eigenvalue weighted by molar-refractivity contribution is -0.145. The minimum atomic E-state index is -1.49. The van der Waals surface area contributed by atoms with Crippen LogP contribution in [0.15, 0.2) is 91.1 Å². The van der Waals surface area contributed by atoms with E-state index in [9.17, 15) is 33.9 Å². The van der Waals surface area contributed by atoms with Crippen LogP contribution in [0.3, 0.4) is 0 Å². The number of aliphatic hydroxyl groups excluding tert-OH is 1. The van der Waals surface area contributed by atoms with E-state index in [2.05, 4.69) is 31.6 Å². The molecule has 0 unspecified atom stereocenters. The molecule has 0 aliphatic carbocycles. The zero-order chi connectivity index (χ0) is 43.0. The first-order valence-corrected chi connectivity index (χ1v) is 20.4. The van der Waals surface area contributed by atoms with Crippen molar-refractivity contribution in [1.82, 2.24) is 36.5 Å². The van der Waals surface area contributed by atoms with Crippen molar-refractivity contribution < 1.29 is 38.6 Å². The summed E-state index contributed by atoms with van der Waals surface area (Å²) in [6, 6.07) is 17.9. The number of benzene rings is 3. The average Bonchev–Trinajstić information content (AvgIpc) is 3.88. The van der Waals surface area contributed by atoms with Crippen molar-refractivity contribution in [3.63, 3.8) is 0 Å². The molecule has 1 aromatic heterocycles. The van der Waals surface area contributed by atoms with Gasteiger partial charge < -0.3 is 46.3 Å². The number of fused-ring (bicyclic) bond motifs is 2. The van der Waals surface area contributed by atoms with Crippen LogP contribution in [0, 0.1) is 0 Å². The molecule has 4 aromatic rings. The minimum Gasteiger partial charge on any atom is -0.394 e. The van der Waals surface area contributed by atoms with Crippen LogP contribution in [-0.2, 0) is 52.8 Å². The van der Waals surface area contributed by atoms with Gasteiger partial charge in [-0.2, -0.15) is 0 Å². The molecular formula is C45H55N7O8. The predicted molar refractivity (Wildman–Crippen MR) is 224 cm³/mol. The van der Waals surface area contributed by atoms with E-state index in [0.717, 1.165) is 16.5 Å². The molecule has 2 aliphatic rings. The SMILES string of the molecule is C[C@@H](OC(C)(C)C)[C@@H]1NC(=O)[C@H](Cc2ccccc2)NC(=O)[C@@H](Cc2c[nH]c3ccccc23)NC(=O)[C@H](CO)NC(=O)[C@@H]2CCCN2C(=O)[C@H](Cc2ccccc2)NC1=O. The van der Waals surface area contributed by atoms with Crippen molar-refractivity contribution in [3.05, 3.63) is 108 Å². The molecule has 15 nitrogen and oxygen atoms in total. The molecule has 7 N–H and O–H groups in total. The molecule has 60 heavy (non-hydrogen) atoms. The molecule has 0 spiro atoms. The third kappa shape index (κ3) is 11.0. The Morgan fingerprint density at radius 2 is 1.20 bits per heavy atom. The third-order valence-corrected chi connectivity index (χ3v) is 10.8. The molecule has 0 radical (unpaired) electrons. The standard InChI is InChI=1S/C45H55N7O8/c1-27(60-45(2,3)4)38-43(58)49-35(23-29-16-9-6-10-17-29)44(59)52-21-13-20-37(52)42(57)50-36(26-53)41(56)48-34(24-30-25-46-32-19-12-11-18-31(30)32)39(54)47-33(40(55)51-38)22-28-14-7-5-8-15-28/h5-12,14-19,25,27,33-38,46,53H,13,20-24,26H2,1-4H3,(H,47,54)(H,48,56)(H,49,58)(H,50,57)(H,51,55)/t27-,33+,34-,35+,36+,37+,38+/m1/s1. The van der Waals surface area contributed by atoms with Crippen LogP contribution in [0.5, 0.6) is 0 Å². The van der Waals surface area contributed by atoms with Gasteiger partial charge >= 0.3 is 0 Å². The number of aliphatic hydroxyl groups is 1. The number of amides is 6. The van der Waals surface area contributed by atoms with E-state index in [4.69, 9.17) is 4.74 Å². The number of H-pyrrole nitrogens is 1. The maximum absolute atomic E-state index is 14.6. The number of nitrogens with zero attached hydrogens (tertiary/aromatic N) is 1. The third-order valence-electron chi connectivity index (χ3n) is 10.8. The summed E-state index contributed by atoms with van der Waals surface area (Å²) in [6.45, 7) is 6.48. The van der Waals surface area contributed by atoms with Gasteiger partial charge in [-0.25, -0.2) is 0 Å². The number of carbonyl (C=O) groups is 6. The van der Waals surface area contributed by atoms with Crippen molar-refractivity contribution in [1.29, 1.82) is 0 Å². The van der Waals surface area contributed by atoms with Crippen LogP contribution in [0.4, 0.5) is 0 Å². The Balaban J connectivity index is 1.42. The molecule has 318 valence electrons. The van der Waals surface area contributed by atoms with Crippen molar-refractivity contribution in [2.75, 3.05) is 13.2 Å². The lowest BCUT2D eigenvalue weighted by Crippen LogP contribution is -2.64. The summed E-state index contributed by atoms with van der Waals surface area (Å²) in [7, 11) is 0. The Hall–Kier alpha value is -6.06. The van der Waals surface area contributed by atoms with Crippen molar-refractivity contribution in [2.45, 2.75) is 108 Å². The van der Waals surface area contributed by atoms with Gasteiger partial charge in [0.15, 0.2) is 0 Å². The average molecular weight is 822 g/mol. The Bertz CT molecular complexity index is 2150. The molecule has 2 saturated heterocycles. The van der Waals surface area contributed by atoms with Gasteiger partial charge in [-0.15, -0.1) is 0 Å². The zero-order valence-corrected chi connectivity index (χ0v) is 34.4. The number of hydrogen-bond acceptors (Lipinski definition) is 8. The van der Waals surface area contributed by atoms with Crippen LogP contribution in [-0.4, -0.2) is 112 Å². The van der Waals surface area contributed by atoms with E-state index >= 15 is 0 Å². The first-order chi connectivity index (χ1) is 28.7. The molecule has 7 atom stereocenters. The molecule has 0 saturated carbocycles. The monoisotopic (exact) mass is 821 g/mol. The second-order valence-electron chi connectivity index (χ2n) is 16.5. The maximum atomic E-state index is 14.6. The molecule has 15 heteroatoms. The summed E-state index contributed by atoms with van der Waals surface area (Å²) in [5.41, 5.74) is 2.19. The molecule has 6 amide bonds. The van der Waals surface area contributed by atoms with Gasteiger partial charge in [0.1, 0.15) is 36.3 Å². The van der Waals surface area contributed by atoms with E-state index < -0.39 is 90.0 Å². The van der Waals surface area contributed by atoms with Gasteiger partial charge in [0.25, 0.3) is 0 Å². The van der Waals surface area contributed by atoms with Crippen LogP contribution in [0.1, 0.15) is 57.2 Å². The van der Waals surface area contributed by atoms with Gasteiger partial charge in [-0.05, 0) is 63.3 Å². The van der Waals surface area contributed by atoms with E-state index in [1.807, 2.05) is 81.4 Å². The summed E-state index contributed by atoms with van der Waals surface area (Å²) < 4.78 is 6.23. The lowest BCUT2D eigenvalue weighted by atomic mass is 10.0. The highest BCUT2D eigenvalue weighted by Gasteiger charge is 2.41. The van der Waals surface area contributed by atoms with E-state index in [1.54, 1.807) is 37.4 Å². The summed E-state index contributed by atoms with van der Waals surface area (Å²) in [5.74, 6) is -4.16. The number of aromatic amines is 1. The van der Waals surface area contributed by atoms with Gasteiger partial charge in [0.05, 0.1) is 18.3 Å². The largest absolute Gasteiger partial charge is 0.394 e. The van der Waals surface area contributed by atoms with Crippen molar-refractivity contribution in [3.8, 4) is 0 Å². The van der Waals surface area contributed by atoms with Gasteiger partial charge in [0.2, 0.25) is 35.4 Å². The van der Waals surface area contributed by atoms with Crippen molar-refractivity contribution >= 4 is 46.3 Å². The van der Waals surface area contributed by atoms with Gasteiger partial charge in [-0.1, -0.05) is 78.9 Å². The molecule has 0 bridgehead atoms. The number of ether oxygens (including phenoxy) is 1. The van der Waals surface area contributed by atoms with Gasteiger partial charge in [-0.3, -0.25) is 28.8 Å². The zero-order valence-electron chi connectivity index (χ0n) is 34.4. The minimum absolute atomic E-state index is 0.00972. The quantitative estimate of drug-likeness (QED) is 0.132. The Morgan fingerprint density at radius 1 is 0.667 bits per heavy atom. The van der Waals surface area contributed by atoms with Crippen molar-refractivity contribution in [2.24, 2.45) is 0 Å². The summed E-state index contributed by atoms with van der Waals surface area (Å²) >= 11 is 0. The van der Waals surface area contributed by atoms with Crippen LogP contribution < -0.4 is 26.6 Å². The molecule has 3 heterocycles. The lowest BCUT2D eigenvalue weighted by Gasteiger charge is -2.34. The first kappa shape index (κ1) is 43.5. The molecule has 6 rings (SSSR count). The second-order valence-corrected chi connectivity index (χ2v) is 16.5. The topological polar surface area (TPSA) is 211 Å². The van der Waals surface area contributed by atoms with Crippen LogP contribution in [0.2, 0.25) is 0 Å². The normalized spacial score (nSPS) is 24.3. The van der Waals surface area contributed by atoms with E-state index in [-0.39, 0.29) is 32.2 Å². The first-order valence-electron chi connectivity index (χ1n) is 20.4. The number of nitrogens with one attached hydrogen (secondary N) is 6. The number of aromatic nitrogens is 1. The summed E-state index contributed by atoms with van der Waals surface area (Å²) in [6.07, 6.45) is 1.60. The second kappa shape index (κ2) is 19.3. The maximum Gasteiger partial charge on any atom is 0.246 e. The molecular weight excluding hydrogens is 767 g/mol.